The molecule has 17 heavy (non-hydrogen) atoms. The molecule has 1 aliphatic heterocycles. The van der Waals surface area contributed by atoms with Crippen molar-refractivity contribution in [2.45, 2.75) is 38.5 Å². The summed E-state index contributed by atoms with van der Waals surface area (Å²) in [6.45, 7) is 6.61. The summed E-state index contributed by atoms with van der Waals surface area (Å²) in [4.78, 5) is 0. The Morgan fingerprint density at radius 1 is 1.47 bits per heavy atom. The summed E-state index contributed by atoms with van der Waals surface area (Å²) in [7, 11) is 0. The topological polar surface area (TPSA) is 67.5 Å². The van der Waals surface area contributed by atoms with Crippen LogP contribution in [-0.4, -0.2) is 23.3 Å². The normalized spacial score (nSPS) is 20.8. The lowest BCUT2D eigenvalue weighted by Gasteiger charge is -2.34. The molecule has 1 aliphatic rings. The van der Waals surface area contributed by atoms with E-state index in [1.165, 1.54) is 0 Å². The van der Waals surface area contributed by atoms with Crippen molar-refractivity contribution >= 4 is 5.69 Å². The average molecular weight is 236 g/mol. The van der Waals surface area contributed by atoms with Crippen molar-refractivity contribution in [3.63, 3.8) is 0 Å². The van der Waals surface area contributed by atoms with Gasteiger partial charge < -0.3 is 20.9 Å². The molecule has 0 saturated carbocycles. The van der Waals surface area contributed by atoms with Crippen LogP contribution in [0.25, 0.3) is 0 Å². The van der Waals surface area contributed by atoms with E-state index in [0.29, 0.717) is 0 Å². The predicted octanol–water partition coefficient (Wildman–Crippen LogP) is 1.65. The fourth-order valence-electron chi connectivity index (χ4n) is 1.90. The molecule has 1 aromatic carbocycles. The summed E-state index contributed by atoms with van der Waals surface area (Å²) in [6.07, 6.45) is -0.642. The Labute approximate surface area is 102 Å². The van der Waals surface area contributed by atoms with Crippen LogP contribution in [0.1, 0.15) is 32.4 Å². The number of aliphatic hydroxyl groups is 1. The van der Waals surface area contributed by atoms with Crippen LogP contribution in [0.2, 0.25) is 0 Å². The van der Waals surface area contributed by atoms with Crippen LogP contribution < -0.4 is 15.8 Å². The van der Waals surface area contributed by atoms with E-state index < -0.39 is 6.10 Å². The first-order chi connectivity index (χ1) is 7.89. The number of benzene rings is 1. The highest BCUT2D eigenvalue weighted by Gasteiger charge is 2.26. The summed E-state index contributed by atoms with van der Waals surface area (Å²) in [5.41, 5.74) is 7.22. The largest absolute Gasteiger partial charge is 0.484 e. The van der Waals surface area contributed by atoms with Gasteiger partial charge in [-0.2, -0.15) is 0 Å². The summed E-state index contributed by atoms with van der Waals surface area (Å²) in [5.74, 6) is 0.821. The SMILES string of the molecule is CC(N)C(O)c1ccc2c(c1)NCC(C)(C)O2. The molecule has 2 atom stereocenters. The fourth-order valence-corrected chi connectivity index (χ4v) is 1.90. The summed E-state index contributed by atoms with van der Waals surface area (Å²) < 4.78 is 5.84. The van der Waals surface area contributed by atoms with Gasteiger partial charge in [-0.3, -0.25) is 0 Å². The van der Waals surface area contributed by atoms with E-state index in [4.69, 9.17) is 10.5 Å². The number of fused-ring (bicyclic) bond motifs is 1. The lowest BCUT2D eigenvalue weighted by Crippen LogP contribution is -2.40. The molecule has 1 heterocycles. The minimum absolute atomic E-state index is 0.200. The van der Waals surface area contributed by atoms with Crippen molar-refractivity contribution in [1.29, 1.82) is 0 Å². The van der Waals surface area contributed by atoms with Gasteiger partial charge in [0.15, 0.2) is 0 Å². The summed E-state index contributed by atoms with van der Waals surface area (Å²) >= 11 is 0. The number of aliphatic hydroxyl groups excluding tert-OH is 1. The van der Waals surface area contributed by atoms with Crippen LogP contribution in [0, 0.1) is 0 Å². The molecule has 1 aromatic rings. The molecule has 2 rings (SSSR count). The van der Waals surface area contributed by atoms with E-state index in [0.717, 1.165) is 23.5 Å². The lowest BCUT2D eigenvalue weighted by atomic mass is 10.0. The van der Waals surface area contributed by atoms with Gasteiger partial charge in [0, 0.05) is 6.04 Å². The number of nitrogens with one attached hydrogen (secondary N) is 1. The van der Waals surface area contributed by atoms with E-state index in [9.17, 15) is 5.11 Å². The van der Waals surface area contributed by atoms with Crippen LogP contribution in [0.4, 0.5) is 5.69 Å². The van der Waals surface area contributed by atoms with Gasteiger partial charge in [0.25, 0.3) is 0 Å². The van der Waals surface area contributed by atoms with Crippen molar-refractivity contribution in [2.24, 2.45) is 5.73 Å². The maximum atomic E-state index is 9.91. The van der Waals surface area contributed by atoms with Gasteiger partial charge in [0.05, 0.1) is 18.3 Å². The molecule has 2 unspecified atom stereocenters. The molecule has 0 saturated heterocycles. The Balaban J connectivity index is 2.27. The van der Waals surface area contributed by atoms with Crippen molar-refractivity contribution in [2.75, 3.05) is 11.9 Å². The minimum Gasteiger partial charge on any atom is -0.484 e. The molecule has 0 spiro atoms. The summed E-state index contributed by atoms with van der Waals surface area (Å²) in [6, 6.07) is 5.35. The monoisotopic (exact) mass is 236 g/mol. The molecule has 0 aliphatic carbocycles. The molecular weight excluding hydrogens is 216 g/mol. The Morgan fingerprint density at radius 3 is 2.82 bits per heavy atom. The quantitative estimate of drug-likeness (QED) is 0.730. The maximum Gasteiger partial charge on any atom is 0.143 e. The first-order valence-electron chi connectivity index (χ1n) is 5.89. The third kappa shape index (κ3) is 2.53. The number of nitrogens with two attached hydrogens (primary N) is 1. The van der Waals surface area contributed by atoms with Gasteiger partial charge in [-0.05, 0) is 38.5 Å². The molecule has 0 aromatic heterocycles. The van der Waals surface area contributed by atoms with Crippen molar-refractivity contribution in [1.82, 2.24) is 0 Å². The average Bonchev–Trinajstić information content (AvgIpc) is 2.26. The van der Waals surface area contributed by atoms with Gasteiger partial charge in [-0.25, -0.2) is 0 Å². The molecule has 0 bridgehead atoms. The minimum atomic E-state index is -0.642. The fraction of sp³-hybridized carbons (Fsp3) is 0.538. The third-order valence-electron chi connectivity index (χ3n) is 2.93. The Morgan fingerprint density at radius 2 is 2.18 bits per heavy atom. The molecule has 4 nitrogen and oxygen atoms in total. The van der Waals surface area contributed by atoms with Crippen LogP contribution in [-0.2, 0) is 0 Å². The predicted molar refractivity (Wildman–Crippen MR) is 68.2 cm³/mol. The lowest BCUT2D eigenvalue weighted by molar-refractivity contribution is 0.115. The molecule has 4 heteroatoms. The second-order valence-electron chi connectivity index (χ2n) is 5.27. The smallest absolute Gasteiger partial charge is 0.143 e. The van der Waals surface area contributed by atoms with Gasteiger partial charge in [0.1, 0.15) is 11.4 Å². The molecule has 0 radical (unpaired) electrons. The van der Waals surface area contributed by atoms with Crippen molar-refractivity contribution in [3.8, 4) is 5.75 Å². The van der Waals surface area contributed by atoms with Crippen molar-refractivity contribution in [3.05, 3.63) is 23.8 Å². The number of hydrogen-bond donors (Lipinski definition) is 3. The summed E-state index contributed by atoms with van der Waals surface area (Å²) in [5, 5.41) is 13.2. The molecule has 94 valence electrons. The van der Waals surface area contributed by atoms with Gasteiger partial charge >= 0.3 is 0 Å². The Hall–Kier alpha value is -1.26. The Kier molecular flexibility index (Phi) is 3.02. The number of rotatable bonds is 2. The van der Waals surface area contributed by atoms with Gasteiger partial charge in [0.2, 0.25) is 0 Å². The van der Waals surface area contributed by atoms with E-state index >= 15 is 0 Å². The zero-order chi connectivity index (χ0) is 12.6. The van der Waals surface area contributed by atoms with E-state index in [1.807, 2.05) is 32.0 Å². The second-order valence-corrected chi connectivity index (χ2v) is 5.27. The highest BCUT2D eigenvalue weighted by molar-refractivity contribution is 5.60. The zero-order valence-corrected chi connectivity index (χ0v) is 10.5. The Bertz CT molecular complexity index is 416. The van der Waals surface area contributed by atoms with Gasteiger partial charge in [-0.1, -0.05) is 6.07 Å². The molecule has 4 N–H and O–H groups in total. The highest BCUT2D eigenvalue weighted by atomic mass is 16.5. The van der Waals surface area contributed by atoms with Crippen molar-refractivity contribution < 1.29 is 9.84 Å². The zero-order valence-electron chi connectivity index (χ0n) is 10.5. The number of anilines is 1. The standard InChI is InChI=1S/C13H20N2O2/c1-8(14)12(16)9-4-5-11-10(6-9)15-7-13(2,3)17-11/h4-6,8,12,15-16H,7,14H2,1-3H3. The number of hydrogen-bond acceptors (Lipinski definition) is 4. The molecular formula is C13H20N2O2. The van der Waals surface area contributed by atoms with Crippen LogP contribution in [0.3, 0.4) is 0 Å². The molecule has 0 amide bonds. The first kappa shape index (κ1) is 12.2. The van der Waals surface area contributed by atoms with E-state index in [-0.39, 0.29) is 11.6 Å². The first-order valence-corrected chi connectivity index (χ1v) is 5.89. The van der Waals surface area contributed by atoms with Crippen LogP contribution >= 0.6 is 0 Å². The van der Waals surface area contributed by atoms with Gasteiger partial charge in [-0.15, -0.1) is 0 Å². The van der Waals surface area contributed by atoms with E-state index in [2.05, 4.69) is 5.32 Å². The molecule has 0 fully saturated rings. The number of ether oxygens (including phenoxy) is 1. The van der Waals surface area contributed by atoms with Crippen LogP contribution in [0.5, 0.6) is 5.75 Å². The second kappa shape index (κ2) is 4.20. The van der Waals surface area contributed by atoms with Crippen LogP contribution in [0.15, 0.2) is 18.2 Å². The highest BCUT2D eigenvalue weighted by Crippen LogP contribution is 2.34. The van der Waals surface area contributed by atoms with E-state index in [1.54, 1.807) is 6.92 Å². The maximum absolute atomic E-state index is 9.91. The third-order valence-corrected chi connectivity index (χ3v) is 2.93.